The summed E-state index contributed by atoms with van der Waals surface area (Å²) >= 11 is 0. The molecule has 3 fully saturated rings. The van der Waals surface area contributed by atoms with E-state index in [0.717, 1.165) is 5.92 Å². The van der Waals surface area contributed by atoms with Gasteiger partial charge in [-0.15, -0.1) is 0 Å². The highest BCUT2D eigenvalue weighted by molar-refractivity contribution is 5.39. The Morgan fingerprint density at radius 3 is 2.58 bits per heavy atom. The van der Waals surface area contributed by atoms with Crippen LogP contribution in [0.15, 0.2) is 11.3 Å². The van der Waals surface area contributed by atoms with Gasteiger partial charge in [0.2, 0.25) is 0 Å². The van der Waals surface area contributed by atoms with Crippen LogP contribution in [-0.2, 0) is 0 Å². The molecule has 0 heterocycles. The molecule has 1 heteroatoms. The Hall–Kier alpha value is -0.460. The van der Waals surface area contributed by atoms with Gasteiger partial charge >= 0.3 is 0 Å². The van der Waals surface area contributed by atoms with Crippen molar-refractivity contribution in [1.82, 2.24) is 0 Å². The summed E-state index contributed by atoms with van der Waals surface area (Å²) in [6, 6.07) is 0. The second-order valence-corrected chi connectivity index (χ2v) is 5.77. The van der Waals surface area contributed by atoms with Gasteiger partial charge in [0.1, 0.15) is 0 Å². The summed E-state index contributed by atoms with van der Waals surface area (Å²) < 4.78 is 0. The molecule has 0 saturated heterocycles. The molecule has 5 aliphatic rings. The van der Waals surface area contributed by atoms with Gasteiger partial charge < -0.3 is 5.73 Å². The van der Waals surface area contributed by atoms with Crippen LogP contribution in [0.25, 0.3) is 0 Å². The van der Waals surface area contributed by atoms with Gasteiger partial charge in [0.25, 0.3) is 0 Å². The molecular weight excluding hydrogens is 146 g/mol. The summed E-state index contributed by atoms with van der Waals surface area (Å²) in [6.45, 7) is 4.82. The molecule has 0 spiro atoms. The SMILES string of the molecule is CC12CC(N)=C3C(C1)CC3(C)C2. The van der Waals surface area contributed by atoms with Crippen LogP contribution in [0.3, 0.4) is 0 Å². The fraction of sp³-hybridized carbons (Fsp3) is 0.818. The van der Waals surface area contributed by atoms with Crippen molar-refractivity contribution in [2.24, 2.45) is 22.5 Å². The monoisotopic (exact) mass is 163 g/mol. The van der Waals surface area contributed by atoms with Crippen molar-refractivity contribution in [2.75, 3.05) is 0 Å². The van der Waals surface area contributed by atoms with E-state index in [2.05, 4.69) is 13.8 Å². The molecule has 5 aliphatic carbocycles. The zero-order valence-corrected chi connectivity index (χ0v) is 7.98. The van der Waals surface area contributed by atoms with Crippen molar-refractivity contribution >= 4 is 0 Å². The summed E-state index contributed by atoms with van der Waals surface area (Å²) in [4.78, 5) is 0. The Balaban J connectivity index is 2.16. The molecule has 66 valence electrons. The Morgan fingerprint density at radius 2 is 2.08 bits per heavy atom. The first kappa shape index (κ1) is 6.99. The van der Waals surface area contributed by atoms with Gasteiger partial charge in [-0.05, 0) is 48.0 Å². The fourth-order valence-corrected chi connectivity index (χ4v) is 4.41. The van der Waals surface area contributed by atoms with Crippen LogP contribution in [0.5, 0.6) is 0 Å². The van der Waals surface area contributed by atoms with Crippen molar-refractivity contribution in [3.63, 3.8) is 0 Å². The average Bonchev–Trinajstić information content (AvgIpc) is 1.78. The third-order valence-corrected chi connectivity index (χ3v) is 4.27. The molecule has 0 aromatic carbocycles. The van der Waals surface area contributed by atoms with Gasteiger partial charge in [-0.1, -0.05) is 13.8 Å². The van der Waals surface area contributed by atoms with E-state index < -0.39 is 0 Å². The lowest BCUT2D eigenvalue weighted by molar-refractivity contribution is -0.0201. The van der Waals surface area contributed by atoms with E-state index in [4.69, 9.17) is 5.73 Å². The van der Waals surface area contributed by atoms with Crippen LogP contribution in [0, 0.1) is 16.7 Å². The summed E-state index contributed by atoms with van der Waals surface area (Å²) in [5.41, 5.74) is 10.1. The maximum Gasteiger partial charge on any atom is 0.00862 e. The van der Waals surface area contributed by atoms with E-state index in [0.29, 0.717) is 10.8 Å². The number of hydrogen-bond acceptors (Lipinski definition) is 1. The lowest BCUT2D eigenvalue weighted by atomic mass is 9.41. The van der Waals surface area contributed by atoms with Gasteiger partial charge in [0, 0.05) is 5.70 Å². The van der Waals surface area contributed by atoms with Crippen molar-refractivity contribution < 1.29 is 0 Å². The van der Waals surface area contributed by atoms with Crippen molar-refractivity contribution in [3.8, 4) is 0 Å². The maximum atomic E-state index is 6.09. The third-order valence-electron chi connectivity index (χ3n) is 4.27. The summed E-state index contributed by atoms with van der Waals surface area (Å²) in [5, 5.41) is 0. The highest BCUT2D eigenvalue weighted by atomic mass is 14.7. The van der Waals surface area contributed by atoms with E-state index in [1.54, 1.807) is 5.57 Å². The van der Waals surface area contributed by atoms with Crippen molar-refractivity contribution in [2.45, 2.75) is 39.5 Å². The molecule has 3 atom stereocenters. The zero-order chi connectivity index (χ0) is 8.56. The van der Waals surface area contributed by atoms with E-state index in [1.165, 1.54) is 31.4 Å². The fourth-order valence-electron chi connectivity index (χ4n) is 4.41. The minimum absolute atomic E-state index is 0.528. The van der Waals surface area contributed by atoms with Crippen LogP contribution in [-0.4, -0.2) is 0 Å². The molecule has 12 heavy (non-hydrogen) atoms. The average molecular weight is 163 g/mol. The zero-order valence-electron chi connectivity index (χ0n) is 7.98. The quantitative estimate of drug-likeness (QED) is 0.583. The number of hydrogen-bond donors (Lipinski definition) is 1. The largest absolute Gasteiger partial charge is 0.402 e. The predicted molar refractivity (Wildman–Crippen MR) is 49.4 cm³/mol. The van der Waals surface area contributed by atoms with Gasteiger partial charge in [-0.3, -0.25) is 0 Å². The van der Waals surface area contributed by atoms with Crippen LogP contribution in [0.2, 0.25) is 0 Å². The molecule has 0 amide bonds. The molecule has 1 nitrogen and oxygen atoms in total. The first-order valence-corrected chi connectivity index (χ1v) is 5.02. The molecule has 3 unspecified atom stereocenters. The molecule has 0 aromatic heterocycles. The molecule has 0 aromatic rings. The minimum atomic E-state index is 0.528. The highest BCUT2D eigenvalue weighted by Gasteiger charge is 2.59. The third kappa shape index (κ3) is 0.583. The summed E-state index contributed by atoms with van der Waals surface area (Å²) in [7, 11) is 0. The summed E-state index contributed by atoms with van der Waals surface area (Å²) in [5.74, 6) is 0.877. The van der Waals surface area contributed by atoms with Gasteiger partial charge in [-0.25, -0.2) is 0 Å². The number of fused-ring (bicyclic) bond motifs is 1. The smallest absolute Gasteiger partial charge is 0.00862 e. The molecule has 5 rings (SSSR count). The van der Waals surface area contributed by atoms with Gasteiger partial charge in [0.15, 0.2) is 0 Å². The van der Waals surface area contributed by atoms with Crippen LogP contribution < -0.4 is 5.73 Å². The number of allylic oxidation sites excluding steroid dienone is 2. The Bertz CT molecular complexity index is 291. The van der Waals surface area contributed by atoms with E-state index in [-0.39, 0.29) is 0 Å². The Morgan fingerprint density at radius 1 is 1.33 bits per heavy atom. The standard InChI is InChI=1S/C11H17N/c1-10-3-7-4-11(2,6-10)9(7)8(12)5-10/h7H,3-6,12H2,1-2H3. The van der Waals surface area contributed by atoms with Crippen molar-refractivity contribution in [3.05, 3.63) is 11.3 Å². The maximum absolute atomic E-state index is 6.09. The van der Waals surface area contributed by atoms with Crippen molar-refractivity contribution in [1.29, 1.82) is 0 Å². The Labute approximate surface area is 74.0 Å². The van der Waals surface area contributed by atoms with E-state index in [1.807, 2.05) is 0 Å². The van der Waals surface area contributed by atoms with Crippen LogP contribution >= 0.6 is 0 Å². The highest BCUT2D eigenvalue weighted by Crippen LogP contribution is 2.69. The van der Waals surface area contributed by atoms with Gasteiger partial charge in [0.05, 0.1) is 0 Å². The van der Waals surface area contributed by atoms with Gasteiger partial charge in [-0.2, -0.15) is 0 Å². The first-order chi connectivity index (χ1) is 5.53. The number of nitrogens with two attached hydrogens (primary N) is 1. The lowest BCUT2D eigenvalue weighted by Crippen LogP contribution is -2.54. The number of rotatable bonds is 0. The summed E-state index contributed by atoms with van der Waals surface area (Å²) in [6.07, 6.45) is 5.40. The molecular formula is C11H17N. The molecule has 0 aliphatic heterocycles. The topological polar surface area (TPSA) is 26.0 Å². The molecule has 0 radical (unpaired) electrons. The van der Waals surface area contributed by atoms with E-state index >= 15 is 0 Å². The minimum Gasteiger partial charge on any atom is -0.402 e. The second-order valence-electron chi connectivity index (χ2n) is 5.77. The van der Waals surface area contributed by atoms with E-state index in [9.17, 15) is 0 Å². The van der Waals surface area contributed by atoms with Crippen LogP contribution in [0.1, 0.15) is 39.5 Å². The molecule has 4 bridgehead atoms. The van der Waals surface area contributed by atoms with Crippen LogP contribution in [0.4, 0.5) is 0 Å². The molecule has 2 N–H and O–H groups in total. The Kier molecular flexibility index (Phi) is 0.928. The lowest BCUT2D eigenvalue weighted by Gasteiger charge is -2.64. The second kappa shape index (κ2) is 1.59. The normalized spacial score (nSPS) is 55.7. The first-order valence-electron chi connectivity index (χ1n) is 5.02. The predicted octanol–water partition coefficient (Wildman–Crippen LogP) is 2.43. The molecule has 3 saturated carbocycles.